The molecular weight excluding hydrogens is 679 g/mol. The fourth-order valence-electron chi connectivity index (χ4n) is 6.17. The van der Waals surface area contributed by atoms with Gasteiger partial charge in [0.2, 0.25) is 0 Å². The van der Waals surface area contributed by atoms with Gasteiger partial charge in [0, 0.05) is 27.8 Å². The number of furan rings is 1. The second kappa shape index (κ2) is 13.2. The average molecular weight is 748 g/mol. The highest BCUT2D eigenvalue weighted by molar-refractivity contribution is 6.22. The lowest BCUT2D eigenvalue weighted by atomic mass is 9.94. The first-order chi connectivity index (χ1) is 41.9. The molecule has 56 heavy (non-hydrogen) atoms. The molecule has 11 rings (SSSR count). The van der Waals surface area contributed by atoms with E-state index in [-0.39, 0.29) is 0 Å². The molecule has 0 aliphatic rings. The molecule has 0 radical (unpaired) electrons. The minimum absolute atomic E-state index is 0.421. The van der Waals surface area contributed by atoms with Crippen molar-refractivity contribution in [1.29, 1.82) is 0 Å². The lowest BCUT2D eigenvalue weighted by molar-refractivity contribution is 0.669. The monoisotopic (exact) mass is 747 g/mol. The lowest BCUT2D eigenvalue weighted by Crippen LogP contribution is -2.10. The van der Waals surface area contributed by atoms with Gasteiger partial charge in [0.1, 0.15) is 11.2 Å². The molecule has 0 saturated heterocycles. The molecule has 0 aliphatic heterocycles. The van der Waals surface area contributed by atoms with Crippen molar-refractivity contribution in [3.05, 3.63) is 212 Å². The third-order valence-electron chi connectivity index (χ3n) is 8.65. The van der Waals surface area contributed by atoms with E-state index in [2.05, 4.69) is 0 Å². The van der Waals surface area contributed by atoms with E-state index in [1.807, 2.05) is 0 Å². The predicted octanol–water partition coefficient (Wildman–Crippen LogP) is 15.5. The Morgan fingerprint density at radius 1 is 0.339 bits per heavy atom. The number of fused-ring (bicyclic) bond motifs is 8. The summed E-state index contributed by atoms with van der Waals surface area (Å²) in [4.78, 5) is 0.421. The molecule has 10 aromatic carbocycles. The van der Waals surface area contributed by atoms with Gasteiger partial charge >= 0.3 is 0 Å². The van der Waals surface area contributed by atoms with Gasteiger partial charge in [-0.3, -0.25) is 0 Å². The van der Waals surface area contributed by atoms with E-state index in [4.69, 9.17) is 33.2 Å². The SMILES string of the molecule is [2H]c1c([2H])c([2H])c(-c2c([2H])c([2H])c(N(c3cc([2H])c4c(-c5c([2H])c([2H])c([2H])c([2H])c5[2H])c([2H])c5oc6c([2H])c([2H])c([2H])c([2H])c6c5c4c3[2H])c3c([2H])c([2H])c(-c4c([2H])c([2H])c5c([2H])c([2H])c6c([2H])c([2H])c([2H])c([2H])c6c5c4[2H])c([2H])c3[2H])c([2H])c2[2H])c([2H])c1[2H]. The number of hydrogen-bond donors (Lipinski definition) is 0. The van der Waals surface area contributed by atoms with Gasteiger partial charge in [-0.15, -0.1) is 0 Å². The highest BCUT2D eigenvalue weighted by atomic mass is 16.3. The van der Waals surface area contributed by atoms with Gasteiger partial charge in [-0.1, -0.05) is 157 Å². The average Bonchev–Trinajstić information content (AvgIpc) is 1.22. The van der Waals surface area contributed by atoms with Crippen LogP contribution in [0.3, 0.4) is 0 Å². The summed E-state index contributed by atoms with van der Waals surface area (Å²) in [5.74, 6) is 0. The van der Waals surface area contributed by atoms with Crippen LogP contribution in [-0.2, 0) is 0 Å². The van der Waals surface area contributed by atoms with Gasteiger partial charge in [-0.2, -0.15) is 0 Å². The van der Waals surface area contributed by atoms with Gasteiger partial charge in [0.15, 0.2) is 0 Å². The van der Waals surface area contributed by atoms with Crippen LogP contribution >= 0.6 is 0 Å². The lowest BCUT2D eigenvalue weighted by Gasteiger charge is -2.26. The largest absolute Gasteiger partial charge is 0.456 e. The molecule has 0 saturated carbocycles. The Morgan fingerprint density at radius 2 is 0.893 bits per heavy atom. The Kier molecular flexibility index (Phi) is 3.01. The standard InChI is InChI=1S/C54H35NO/c1-3-11-36(12-4-1)37-23-27-43(28-24-37)55(44-29-25-38(26-30-44)42-22-21-41-20-19-40-15-7-8-16-46(40)49(41)33-42)45-31-32-47-50(39-13-5-2-6-14-39)35-53-54(51(47)34-45)48-17-9-10-18-52(48)56-53/h1-35H/i1D,2D,3D,4D,5D,6D,7D,8D,9D,10D,11D,12D,13D,14D,15D,16D,17D,18D,19D,20D,21D,22D,23D,24D,25D,26D,27D,28D,29D,30D,32D,33D,34D,35D. The number of rotatable bonds is 6. The third-order valence-corrected chi connectivity index (χ3v) is 8.65. The first-order valence-corrected chi connectivity index (χ1v) is 16.4. The second-order valence-electron chi connectivity index (χ2n) is 11.8. The first-order valence-electron chi connectivity index (χ1n) is 33.4. The van der Waals surface area contributed by atoms with Crippen molar-refractivity contribution in [1.82, 2.24) is 0 Å². The molecule has 1 aromatic heterocycles. The normalized spacial score (nSPS) is 20.1. The van der Waals surface area contributed by atoms with Crippen LogP contribution in [-0.4, -0.2) is 0 Å². The summed E-state index contributed by atoms with van der Waals surface area (Å²) in [6, 6.07) is -33.5. The van der Waals surface area contributed by atoms with Crippen molar-refractivity contribution in [3.63, 3.8) is 0 Å². The van der Waals surface area contributed by atoms with Gasteiger partial charge in [0.05, 0.1) is 46.6 Å². The van der Waals surface area contributed by atoms with Gasteiger partial charge < -0.3 is 9.32 Å². The fourth-order valence-corrected chi connectivity index (χ4v) is 6.17. The number of hydrogen-bond acceptors (Lipinski definition) is 2. The quantitative estimate of drug-likeness (QED) is 0.158. The van der Waals surface area contributed by atoms with Crippen molar-refractivity contribution in [2.75, 3.05) is 4.90 Å². The number of anilines is 3. The molecule has 0 unspecified atom stereocenters. The summed E-state index contributed by atoms with van der Waals surface area (Å²) in [5, 5.41) is -5.01. The van der Waals surface area contributed by atoms with Gasteiger partial charge in [-0.25, -0.2) is 0 Å². The number of benzene rings is 10. The van der Waals surface area contributed by atoms with E-state index in [0.29, 0.717) is 11.0 Å². The van der Waals surface area contributed by atoms with Crippen molar-refractivity contribution >= 4 is 71.3 Å². The first kappa shape index (κ1) is 12.8. The van der Waals surface area contributed by atoms with Crippen LogP contribution in [0, 0.1) is 0 Å². The molecule has 0 amide bonds. The number of para-hydroxylation sites is 1. The van der Waals surface area contributed by atoms with E-state index >= 15 is 0 Å². The van der Waals surface area contributed by atoms with Crippen LogP contribution in [0.25, 0.3) is 87.6 Å². The predicted molar refractivity (Wildman–Crippen MR) is 237 cm³/mol. The summed E-state index contributed by atoms with van der Waals surface area (Å²) in [5.41, 5.74) is -9.82. The Morgan fingerprint density at radius 3 is 1.62 bits per heavy atom. The molecule has 2 heteroatoms. The maximum atomic E-state index is 10.3. The molecule has 262 valence electrons. The zero-order valence-electron chi connectivity index (χ0n) is 61.9. The molecule has 0 N–H and O–H groups in total. The van der Waals surface area contributed by atoms with Crippen LogP contribution < -0.4 is 4.90 Å². The van der Waals surface area contributed by atoms with Crippen LogP contribution in [0.4, 0.5) is 17.1 Å². The van der Waals surface area contributed by atoms with E-state index in [9.17, 15) is 17.8 Å². The van der Waals surface area contributed by atoms with Gasteiger partial charge in [-0.05, 0) is 120 Å². The van der Waals surface area contributed by atoms with E-state index < -0.39 is 310 Å². The minimum atomic E-state index is -1.31. The third kappa shape index (κ3) is 5.42. The summed E-state index contributed by atoms with van der Waals surface area (Å²) in [6.07, 6.45) is 0. The Balaban J connectivity index is 1.36. The zero-order chi connectivity index (χ0) is 66.6. The molecule has 0 atom stereocenters. The molecule has 1 heterocycles. The molecule has 2 nitrogen and oxygen atoms in total. The van der Waals surface area contributed by atoms with Crippen LogP contribution in [0.1, 0.15) is 46.6 Å². The highest BCUT2D eigenvalue weighted by Crippen LogP contribution is 2.44. The summed E-state index contributed by atoms with van der Waals surface area (Å²) in [7, 11) is 0. The van der Waals surface area contributed by atoms with Crippen molar-refractivity contribution in [3.8, 4) is 33.4 Å². The topological polar surface area (TPSA) is 16.4 Å². The summed E-state index contributed by atoms with van der Waals surface area (Å²) in [6.45, 7) is 0. The van der Waals surface area contributed by atoms with Crippen molar-refractivity contribution < 1.29 is 51.0 Å². The smallest absolute Gasteiger partial charge is 0.136 e. The van der Waals surface area contributed by atoms with Crippen LogP contribution in [0.5, 0.6) is 0 Å². The van der Waals surface area contributed by atoms with Crippen LogP contribution in [0.2, 0.25) is 0 Å². The maximum absolute atomic E-state index is 10.3. The van der Waals surface area contributed by atoms with E-state index in [1.165, 1.54) is 0 Å². The second-order valence-corrected chi connectivity index (χ2v) is 11.8. The van der Waals surface area contributed by atoms with E-state index in [1.54, 1.807) is 0 Å². The van der Waals surface area contributed by atoms with Crippen molar-refractivity contribution in [2.24, 2.45) is 0 Å². The molecular formula is C54H35NO. The fraction of sp³-hybridized carbons (Fsp3) is 0. The maximum Gasteiger partial charge on any atom is 0.136 e. The molecule has 0 aliphatic carbocycles. The van der Waals surface area contributed by atoms with E-state index in [0.717, 1.165) is 0 Å². The summed E-state index contributed by atoms with van der Waals surface area (Å²) < 4.78 is 314. The van der Waals surface area contributed by atoms with Gasteiger partial charge in [0.25, 0.3) is 0 Å². The van der Waals surface area contributed by atoms with Crippen molar-refractivity contribution in [2.45, 2.75) is 0 Å². The molecule has 11 aromatic rings. The highest BCUT2D eigenvalue weighted by Gasteiger charge is 2.19. The Hall–Kier alpha value is -7.42. The Bertz CT molecular complexity index is 5130. The molecule has 0 bridgehead atoms. The summed E-state index contributed by atoms with van der Waals surface area (Å²) >= 11 is 0. The minimum Gasteiger partial charge on any atom is -0.456 e. The Labute approximate surface area is 372 Å². The molecule has 0 spiro atoms. The zero-order valence-corrected chi connectivity index (χ0v) is 27.9. The molecule has 0 fully saturated rings. The number of nitrogens with zero attached hydrogens (tertiary/aromatic N) is 1. The van der Waals surface area contributed by atoms with Crippen LogP contribution in [0.15, 0.2) is 216 Å².